The molecule has 0 aromatic carbocycles. The summed E-state index contributed by atoms with van der Waals surface area (Å²) in [6, 6.07) is 0. The molecule has 0 spiro atoms. The minimum absolute atomic E-state index is 0.196. The number of nitrogen functional groups attached to an aromatic ring is 1. The van der Waals surface area contributed by atoms with Crippen LogP contribution in [0, 0.1) is 0 Å². The summed E-state index contributed by atoms with van der Waals surface area (Å²) in [6.07, 6.45) is 1.69. The monoisotopic (exact) mass is 269 g/mol. The summed E-state index contributed by atoms with van der Waals surface area (Å²) in [5.41, 5.74) is 1.75. The van der Waals surface area contributed by atoms with Gasteiger partial charge in [-0.1, -0.05) is 11.3 Å². The van der Waals surface area contributed by atoms with E-state index in [1.807, 2.05) is 4.90 Å². The number of aromatic nitrogens is 1. The maximum atomic E-state index is 11.8. The number of anilines is 1. The first-order chi connectivity index (χ1) is 8.43. The van der Waals surface area contributed by atoms with E-state index in [2.05, 4.69) is 15.7 Å². The lowest BCUT2D eigenvalue weighted by Gasteiger charge is -2.39. The number of hydrogen-bond acceptors (Lipinski definition) is 7. The summed E-state index contributed by atoms with van der Waals surface area (Å²) in [4.78, 5) is 30.0. The Morgan fingerprint density at radius 3 is 2.94 bits per heavy atom. The molecule has 4 N–H and O–H groups in total. The Morgan fingerprint density at radius 1 is 1.61 bits per heavy atom. The van der Waals surface area contributed by atoms with Gasteiger partial charge in [-0.2, -0.15) is 0 Å². The lowest BCUT2D eigenvalue weighted by Crippen LogP contribution is -2.63. The summed E-state index contributed by atoms with van der Waals surface area (Å²) in [5, 5.41) is 2.94. The van der Waals surface area contributed by atoms with Gasteiger partial charge in [0.1, 0.15) is 0 Å². The zero-order valence-electron chi connectivity index (χ0n) is 10.2. The maximum absolute atomic E-state index is 11.8. The molecule has 2 amide bonds. The van der Waals surface area contributed by atoms with Gasteiger partial charge in [0, 0.05) is 17.6 Å². The maximum Gasteiger partial charge on any atom is 0.246 e. The van der Waals surface area contributed by atoms with E-state index >= 15 is 0 Å². The Bertz CT molecular complexity index is 484. The van der Waals surface area contributed by atoms with Gasteiger partial charge in [-0.15, -0.1) is 0 Å². The predicted molar refractivity (Wildman–Crippen MR) is 67.6 cm³/mol. The van der Waals surface area contributed by atoms with Gasteiger partial charge in [-0.3, -0.25) is 25.2 Å². The van der Waals surface area contributed by atoms with Crippen LogP contribution in [0.2, 0.25) is 0 Å². The van der Waals surface area contributed by atoms with Crippen LogP contribution < -0.4 is 16.6 Å². The fraction of sp³-hybridized carbons (Fsp3) is 0.500. The summed E-state index contributed by atoms with van der Waals surface area (Å²) < 4.78 is 0. The van der Waals surface area contributed by atoms with Crippen LogP contribution in [-0.4, -0.2) is 33.8 Å². The molecule has 98 valence electrons. The average molecular weight is 269 g/mol. The Morgan fingerprint density at radius 2 is 2.33 bits per heavy atom. The Hall–Kier alpha value is -1.51. The molecule has 0 saturated carbocycles. The van der Waals surface area contributed by atoms with Crippen molar-refractivity contribution in [3.63, 3.8) is 0 Å². The predicted octanol–water partition coefficient (Wildman–Crippen LogP) is -0.334. The van der Waals surface area contributed by atoms with Gasteiger partial charge in [0.05, 0.1) is 12.1 Å². The van der Waals surface area contributed by atoms with Crippen LogP contribution in [0.15, 0.2) is 6.20 Å². The molecule has 7 nitrogen and oxygen atoms in total. The van der Waals surface area contributed by atoms with Crippen LogP contribution >= 0.6 is 11.3 Å². The second kappa shape index (κ2) is 4.63. The van der Waals surface area contributed by atoms with Crippen LogP contribution in [0.4, 0.5) is 5.13 Å². The smallest absolute Gasteiger partial charge is 0.246 e. The third-order valence-electron chi connectivity index (χ3n) is 2.96. The second-order valence-electron chi connectivity index (χ2n) is 4.57. The van der Waals surface area contributed by atoms with Crippen LogP contribution in [0.3, 0.4) is 0 Å². The molecule has 18 heavy (non-hydrogen) atoms. The van der Waals surface area contributed by atoms with Gasteiger partial charge >= 0.3 is 0 Å². The molecule has 0 atom stereocenters. The van der Waals surface area contributed by atoms with E-state index in [1.54, 1.807) is 20.0 Å². The zero-order valence-corrected chi connectivity index (χ0v) is 11.0. The standard InChI is InChI=1S/C10H15N5O2S/c1-10(2)8(17)13-7(16)5-15(10)4-6-3-12-9(14-11)18-6/h3H,4-5,11H2,1-2H3,(H,12,14)(H,13,16,17). The SMILES string of the molecule is CC1(C)C(=O)NC(=O)CN1Cc1cnc(NN)s1. The van der Waals surface area contributed by atoms with Crippen LogP contribution in [0.1, 0.15) is 18.7 Å². The van der Waals surface area contributed by atoms with Crippen molar-refractivity contribution in [2.24, 2.45) is 5.84 Å². The van der Waals surface area contributed by atoms with E-state index in [-0.39, 0.29) is 18.4 Å². The molecule has 0 unspecified atom stereocenters. The molecule has 1 fully saturated rings. The number of amides is 2. The van der Waals surface area contributed by atoms with Crippen molar-refractivity contribution in [3.8, 4) is 0 Å². The highest BCUT2D eigenvalue weighted by molar-refractivity contribution is 7.15. The topological polar surface area (TPSA) is 100 Å². The molecule has 0 aliphatic carbocycles. The van der Waals surface area contributed by atoms with Crippen LogP contribution in [-0.2, 0) is 16.1 Å². The fourth-order valence-corrected chi connectivity index (χ4v) is 2.46. The number of carbonyl (C=O) groups is 2. The number of nitrogens with zero attached hydrogens (tertiary/aromatic N) is 2. The number of hydrazine groups is 1. The molecule has 0 radical (unpaired) electrons. The largest absolute Gasteiger partial charge is 0.300 e. The Balaban J connectivity index is 2.15. The number of thiazole rings is 1. The summed E-state index contributed by atoms with van der Waals surface area (Å²) >= 11 is 1.40. The van der Waals surface area contributed by atoms with E-state index in [4.69, 9.17) is 5.84 Å². The molecule has 1 aliphatic rings. The van der Waals surface area contributed by atoms with E-state index in [0.29, 0.717) is 11.7 Å². The van der Waals surface area contributed by atoms with Crippen molar-refractivity contribution in [1.82, 2.24) is 15.2 Å². The van der Waals surface area contributed by atoms with Crippen LogP contribution in [0.25, 0.3) is 0 Å². The molecule has 1 aromatic heterocycles. The van der Waals surface area contributed by atoms with Crippen molar-refractivity contribution in [3.05, 3.63) is 11.1 Å². The molecule has 2 heterocycles. The number of carbonyl (C=O) groups excluding carboxylic acids is 2. The number of piperazine rings is 1. The molecule has 1 aromatic rings. The van der Waals surface area contributed by atoms with Gasteiger partial charge in [-0.25, -0.2) is 10.8 Å². The molecule has 0 bridgehead atoms. The van der Waals surface area contributed by atoms with Crippen molar-refractivity contribution in [1.29, 1.82) is 0 Å². The van der Waals surface area contributed by atoms with Gasteiger partial charge in [-0.05, 0) is 13.8 Å². The number of rotatable bonds is 3. The fourth-order valence-electron chi connectivity index (χ4n) is 1.72. The van der Waals surface area contributed by atoms with E-state index in [1.165, 1.54) is 11.3 Å². The van der Waals surface area contributed by atoms with Crippen molar-refractivity contribution in [2.45, 2.75) is 25.9 Å². The molecular weight excluding hydrogens is 254 g/mol. The lowest BCUT2D eigenvalue weighted by atomic mass is 9.99. The van der Waals surface area contributed by atoms with Gasteiger partial charge < -0.3 is 0 Å². The average Bonchev–Trinajstić information content (AvgIpc) is 2.74. The summed E-state index contributed by atoms with van der Waals surface area (Å²) in [6.45, 7) is 4.27. The molecule has 2 rings (SSSR count). The normalized spacial score (nSPS) is 19.7. The Kier molecular flexibility index (Phi) is 3.33. The first-order valence-corrected chi connectivity index (χ1v) is 6.26. The highest BCUT2D eigenvalue weighted by atomic mass is 32.1. The summed E-state index contributed by atoms with van der Waals surface area (Å²) in [7, 11) is 0. The quantitative estimate of drug-likeness (QED) is 0.394. The van der Waals surface area contributed by atoms with Crippen molar-refractivity contribution in [2.75, 3.05) is 12.0 Å². The lowest BCUT2D eigenvalue weighted by molar-refractivity contribution is -0.145. The second-order valence-corrected chi connectivity index (χ2v) is 5.68. The third-order valence-corrected chi connectivity index (χ3v) is 3.87. The highest BCUT2D eigenvalue weighted by Gasteiger charge is 2.40. The minimum Gasteiger partial charge on any atom is -0.300 e. The van der Waals surface area contributed by atoms with Crippen LogP contribution in [0.5, 0.6) is 0 Å². The highest BCUT2D eigenvalue weighted by Crippen LogP contribution is 2.24. The molecule has 1 saturated heterocycles. The van der Waals surface area contributed by atoms with Crippen molar-refractivity contribution >= 4 is 28.3 Å². The van der Waals surface area contributed by atoms with Crippen molar-refractivity contribution < 1.29 is 9.59 Å². The minimum atomic E-state index is -0.714. The van der Waals surface area contributed by atoms with Gasteiger partial charge in [0.15, 0.2) is 5.13 Å². The first-order valence-electron chi connectivity index (χ1n) is 5.44. The summed E-state index contributed by atoms with van der Waals surface area (Å²) in [5.74, 6) is 4.71. The molecular formula is C10H15N5O2S. The first kappa shape index (κ1) is 12.9. The molecule has 8 heteroatoms. The number of nitrogens with two attached hydrogens (primary N) is 1. The van der Waals surface area contributed by atoms with E-state index in [0.717, 1.165) is 4.88 Å². The van der Waals surface area contributed by atoms with E-state index < -0.39 is 5.54 Å². The third kappa shape index (κ3) is 2.35. The number of imide groups is 1. The van der Waals surface area contributed by atoms with E-state index in [9.17, 15) is 9.59 Å². The zero-order chi connectivity index (χ0) is 13.3. The number of nitrogens with one attached hydrogen (secondary N) is 2. The van der Waals surface area contributed by atoms with Gasteiger partial charge in [0.2, 0.25) is 11.8 Å². The molecule has 1 aliphatic heterocycles. The Labute approximate surface area is 108 Å². The number of hydrogen-bond donors (Lipinski definition) is 3. The van der Waals surface area contributed by atoms with Gasteiger partial charge in [0.25, 0.3) is 0 Å².